The molecular formula is C13H16ClNO3. The number of alkyl halides is 1. The van der Waals surface area contributed by atoms with Gasteiger partial charge in [0.1, 0.15) is 13.2 Å². The van der Waals surface area contributed by atoms with E-state index in [1.165, 1.54) is 0 Å². The van der Waals surface area contributed by atoms with Gasteiger partial charge in [-0.1, -0.05) is 0 Å². The third kappa shape index (κ3) is 3.07. The molecule has 1 heterocycles. The second-order valence-corrected chi connectivity index (χ2v) is 4.52. The van der Waals surface area contributed by atoms with Crippen LogP contribution in [-0.2, 0) is 11.3 Å². The molecule has 98 valence electrons. The maximum Gasteiger partial charge on any atom is 0.221 e. The van der Waals surface area contributed by atoms with Crippen molar-refractivity contribution in [2.45, 2.75) is 19.9 Å². The quantitative estimate of drug-likeness (QED) is 0.851. The van der Waals surface area contributed by atoms with Crippen molar-refractivity contribution in [2.75, 3.05) is 19.1 Å². The molecule has 2 rings (SSSR count). The van der Waals surface area contributed by atoms with E-state index in [9.17, 15) is 4.79 Å². The Hall–Kier alpha value is -1.42. The first-order chi connectivity index (χ1) is 8.70. The van der Waals surface area contributed by atoms with E-state index in [-0.39, 0.29) is 5.91 Å². The van der Waals surface area contributed by atoms with Crippen molar-refractivity contribution < 1.29 is 14.3 Å². The highest BCUT2D eigenvalue weighted by molar-refractivity contribution is 6.18. The number of hydrogen-bond donors (Lipinski definition) is 1. The van der Waals surface area contributed by atoms with Gasteiger partial charge in [0.15, 0.2) is 11.5 Å². The van der Waals surface area contributed by atoms with Crippen LogP contribution in [-0.4, -0.2) is 25.0 Å². The summed E-state index contributed by atoms with van der Waals surface area (Å²) >= 11 is 5.51. The summed E-state index contributed by atoms with van der Waals surface area (Å²) in [5, 5.41) is 2.83. The number of benzene rings is 1. The first kappa shape index (κ1) is 13.0. The Balaban J connectivity index is 2.06. The summed E-state index contributed by atoms with van der Waals surface area (Å²) in [6.45, 7) is 3.62. The molecule has 1 amide bonds. The number of ether oxygens (including phenoxy) is 2. The van der Waals surface area contributed by atoms with Gasteiger partial charge in [-0.3, -0.25) is 4.79 Å². The summed E-state index contributed by atoms with van der Waals surface area (Å²) in [6, 6.07) is 3.86. The van der Waals surface area contributed by atoms with Gasteiger partial charge in [0.05, 0.1) is 0 Å². The standard InChI is InChI=1S/C13H16ClNO3/c1-9-6-11-12(18-5-4-17-11)7-10(9)8-15-13(16)2-3-14/h6-7H,2-5,8H2,1H3,(H,15,16). The van der Waals surface area contributed by atoms with Crippen molar-refractivity contribution in [3.05, 3.63) is 23.3 Å². The lowest BCUT2D eigenvalue weighted by molar-refractivity contribution is -0.120. The SMILES string of the molecule is Cc1cc2c(cc1CNC(=O)CCCl)OCCO2. The predicted octanol–water partition coefficient (Wildman–Crippen LogP) is 2.01. The number of amides is 1. The Labute approximate surface area is 111 Å². The minimum atomic E-state index is -0.0423. The molecule has 18 heavy (non-hydrogen) atoms. The number of aryl methyl sites for hydroxylation is 1. The van der Waals surface area contributed by atoms with E-state index in [2.05, 4.69) is 5.32 Å². The zero-order chi connectivity index (χ0) is 13.0. The lowest BCUT2D eigenvalue weighted by atomic mass is 10.1. The maximum absolute atomic E-state index is 11.4. The summed E-state index contributed by atoms with van der Waals surface area (Å²) in [5.41, 5.74) is 2.10. The molecule has 0 radical (unpaired) electrons. The Morgan fingerprint density at radius 3 is 2.67 bits per heavy atom. The summed E-state index contributed by atoms with van der Waals surface area (Å²) in [5.74, 6) is 1.81. The second kappa shape index (κ2) is 5.96. The molecule has 0 spiro atoms. The molecular weight excluding hydrogens is 254 g/mol. The fourth-order valence-corrected chi connectivity index (χ4v) is 1.96. The smallest absolute Gasteiger partial charge is 0.221 e. The predicted molar refractivity (Wildman–Crippen MR) is 69.4 cm³/mol. The molecule has 0 saturated carbocycles. The van der Waals surface area contributed by atoms with E-state index in [4.69, 9.17) is 21.1 Å². The zero-order valence-electron chi connectivity index (χ0n) is 10.3. The lowest BCUT2D eigenvalue weighted by Gasteiger charge is -2.20. The molecule has 1 aromatic carbocycles. The van der Waals surface area contributed by atoms with Gasteiger partial charge in [0, 0.05) is 18.8 Å². The van der Waals surface area contributed by atoms with Crippen molar-refractivity contribution in [1.29, 1.82) is 0 Å². The van der Waals surface area contributed by atoms with E-state index in [0.717, 1.165) is 22.6 Å². The number of fused-ring (bicyclic) bond motifs is 1. The average Bonchev–Trinajstić information content (AvgIpc) is 2.36. The lowest BCUT2D eigenvalue weighted by Crippen LogP contribution is -2.23. The number of halogens is 1. The van der Waals surface area contributed by atoms with E-state index in [1.54, 1.807) is 0 Å². The Kier molecular flexibility index (Phi) is 4.31. The maximum atomic E-state index is 11.4. The van der Waals surface area contributed by atoms with Crippen molar-refractivity contribution in [2.24, 2.45) is 0 Å². The largest absolute Gasteiger partial charge is 0.486 e. The van der Waals surface area contributed by atoms with Gasteiger partial charge in [-0.2, -0.15) is 0 Å². The topological polar surface area (TPSA) is 47.6 Å². The Morgan fingerprint density at radius 2 is 2.00 bits per heavy atom. The minimum absolute atomic E-state index is 0.0423. The Morgan fingerprint density at radius 1 is 1.33 bits per heavy atom. The van der Waals surface area contributed by atoms with Crippen LogP contribution in [0.4, 0.5) is 0 Å². The van der Waals surface area contributed by atoms with Crippen LogP contribution in [0.2, 0.25) is 0 Å². The highest BCUT2D eigenvalue weighted by Gasteiger charge is 2.14. The van der Waals surface area contributed by atoms with Crippen molar-refractivity contribution in [3.63, 3.8) is 0 Å². The van der Waals surface area contributed by atoms with E-state index >= 15 is 0 Å². The summed E-state index contributed by atoms with van der Waals surface area (Å²) in [4.78, 5) is 11.4. The molecule has 0 aliphatic carbocycles. The molecule has 5 heteroatoms. The van der Waals surface area contributed by atoms with Crippen molar-refractivity contribution in [3.8, 4) is 11.5 Å². The minimum Gasteiger partial charge on any atom is -0.486 e. The highest BCUT2D eigenvalue weighted by atomic mass is 35.5. The number of carbonyl (C=O) groups is 1. The molecule has 1 N–H and O–H groups in total. The van der Waals surface area contributed by atoms with Gasteiger partial charge in [0.25, 0.3) is 0 Å². The normalized spacial score (nSPS) is 13.2. The molecule has 0 unspecified atom stereocenters. The number of hydrogen-bond acceptors (Lipinski definition) is 3. The highest BCUT2D eigenvalue weighted by Crippen LogP contribution is 2.32. The van der Waals surface area contributed by atoms with Crippen LogP contribution in [0.15, 0.2) is 12.1 Å². The molecule has 0 atom stereocenters. The van der Waals surface area contributed by atoms with Gasteiger partial charge in [-0.25, -0.2) is 0 Å². The fourth-order valence-electron chi connectivity index (χ4n) is 1.79. The van der Waals surface area contributed by atoms with Crippen LogP contribution in [0.1, 0.15) is 17.5 Å². The van der Waals surface area contributed by atoms with Gasteiger partial charge >= 0.3 is 0 Å². The summed E-state index contributed by atoms with van der Waals surface area (Å²) in [6.07, 6.45) is 0.338. The molecule has 1 aliphatic heterocycles. The molecule has 0 fully saturated rings. The molecule has 0 saturated heterocycles. The zero-order valence-corrected chi connectivity index (χ0v) is 11.0. The molecule has 4 nitrogen and oxygen atoms in total. The number of carbonyl (C=O) groups excluding carboxylic acids is 1. The van der Waals surface area contributed by atoms with Gasteiger partial charge < -0.3 is 14.8 Å². The average molecular weight is 270 g/mol. The van der Waals surface area contributed by atoms with Crippen molar-refractivity contribution in [1.82, 2.24) is 5.32 Å². The van der Waals surface area contributed by atoms with Gasteiger partial charge in [-0.05, 0) is 30.2 Å². The van der Waals surface area contributed by atoms with Gasteiger partial charge in [-0.15, -0.1) is 11.6 Å². The first-order valence-corrected chi connectivity index (χ1v) is 6.46. The molecule has 1 aliphatic rings. The van der Waals surface area contributed by atoms with Crippen LogP contribution >= 0.6 is 11.6 Å². The van der Waals surface area contributed by atoms with Crippen LogP contribution in [0.25, 0.3) is 0 Å². The molecule has 0 bridgehead atoms. The van der Waals surface area contributed by atoms with Crippen LogP contribution in [0.3, 0.4) is 0 Å². The third-order valence-corrected chi connectivity index (χ3v) is 2.99. The summed E-state index contributed by atoms with van der Waals surface area (Å²) < 4.78 is 11.0. The van der Waals surface area contributed by atoms with Crippen molar-refractivity contribution >= 4 is 17.5 Å². The molecule has 0 aromatic heterocycles. The third-order valence-electron chi connectivity index (χ3n) is 2.80. The van der Waals surface area contributed by atoms with E-state index in [0.29, 0.717) is 32.1 Å². The van der Waals surface area contributed by atoms with E-state index in [1.807, 2.05) is 19.1 Å². The van der Waals surface area contributed by atoms with Crippen LogP contribution in [0, 0.1) is 6.92 Å². The van der Waals surface area contributed by atoms with Gasteiger partial charge in [0.2, 0.25) is 5.91 Å². The fraction of sp³-hybridized carbons (Fsp3) is 0.462. The number of nitrogens with one attached hydrogen (secondary N) is 1. The summed E-state index contributed by atoms with van der Waals surface area (Å²) in [7, 11) is 0. The van der Waals surface area contributed by atoms with Crippen LogP contribution < -0.4 is 14.8 Å². The Bertz CT molecular complexity index is 448. The number of rotatable bonds is 4. The molecule has 1 aromatic rings. The first-order valence-electron chi connectivity index (χ1n) is 5.92. The second-order valence-electron chi connectivity index (χ2n) is 4.14. The monoisotopic (exact) mass is 269 g/mol. The van der Waals surface area contributed by atoms with Crippen LogP contribution in [0.5, 0.6) is 11.5 Å². The van der Waals surface area contributed by atoms with E-state index < -0.39 is 0 Å².